The summed E-state index contributed by atoms with van der Waals surface area (Å²) in [6, 6.07) is 9.71. The van der Waals surface area contributed by atoms with Crippen LogP contribution < -0.4 is 10.5 Å². The van der Waals surface area contributed by atoms with Gasteiger partial charge < -0.3 is 14.4 Å². The fourth-order valence-electron chi connectivity index (χ4n) is 5.79. The molecule has 0 N–H and O–H groups in total. The Morgan fingerprint density at radius 3 is 2.77 bits per heavy atom. The smallest absolute Gasteiger partial charge is 0.257 e. The van der Waals surface area contributed by atoms with Crippen molar-refractivity contribution in [2.75, 3.05) is 31.1 Å². The average Bonchev–Trinajstić information content (AvgIpc) is 3.31. The number of hydrogen-bond acceptors (Lipinski definition) is 4. The fraction of sp³-hybridized carbons (Fsp3) is 0.542. The van der Waals surface area contributed by atoms with E-state index in [0.717, 1.165) is 75.4 Å². The lowest BCUT2D eigenvalue weighted by Gasteiger charge is -2.47. The standard InChI is InChI=1S/C24H30N4O2/c1-2-7-20-17-14-18(21-9-5-10-22(29)28(20)21)16-27(15-17)23-19(8-6-11-25-23)24(30)26-12-3-4-13-26/h5-6,8-11,17-18,20H,2-4,7,12-16H2,1H3/t17-,18+,20-/m0/s1. The predicted octanol–water partition coefficient (Wildman–Crippen LogP) is 3.44. The van der Waals surface area contributed by atoms with Crippen LogP contribution in [0.15, 0.2) is 41.3 Å². The lowest BCUT2D eigenvalue weighted by Crippen LogP contribution is -2.50. The molecule has 158 valence electrons. The summed E-state index contributed by atoms with van der Waals surface area (Å²) in [7, 11) is 0. The van der Waals surface area contributed by atoms with Gasteiger partial charge in [-0.05, 0) is 49.8 Å². The van der Waals surface area contributed by atoms with Gasteiger partial charge >= 0.3 is 0 Å². The van der Waals surface area contributed by atoms with Gasteiger partial charge in [0.1, 0.15) is 5.82 Å². The first-order valence-electron chi connectivity index (χ1n) is 11.4. The molecule has 6 nitrogen and oxygen atoms in total. The second kappa shape index (κ2) is 7.89. The number of piperidine rings is 1. The topological polar surface area (TPSA) is 58.4 Å². The molecule has 5 heterocycles. The lowest BCUT2D eigenvalue weighted by atomic mass is 9.77. The summed E-state index contributed by atoms with van der Waals surface area (Å²) in [6.45, 7) is 5.52. The quantitative estimate of drug-likeness (QED) is 0.780. The maximum Gasteiger partial charge on any atom is 0.257 e. The van der Waals surface area contributed by atoms with Crippen molar-refractivity contribution in [2.45, 2.75) is 51.0 Å². The zero-order valence-electron chi connectivity index (χ0n) is 17.7. The Morgan fingerprint density at radius 2 is 1.97 bits per heavy atom. The van der Waals surface area contributed by atoms with Crippen LogP contribution in [0.5, 0.6) is 0 Å². The molecule has 2 fully saturated rings. The first-order chi connectivity index (χ1) is 14.7. The van der Waals surface area contributed by atoms with Gasteiger partial charge in [0.25, 0.3) is 11.5 Å². The number of amides is 1. The van der Waals surface area contributed by atoms with E-state index in [4.69, 9.17) is 0 Å². The normalized spacial score (nSPS) is 25.3. The Morgan fingerprint density at radius 1 is 1.13 bits per heavy atom. The molecule has 2 bridgehead atoms. The summed E-state index contributed by atoms with van der Waals surface area (Å²) >= 11 is 0. The fourth-order valence-corrected chi connectivity index (χ4v) is 5.79. The highest BCUT2D eigenvalue weighted by Crippen LogP contribution is 2.44. The molecule has 3 aliphatic rings. The number of nitrogens with zero attached hydrogens (tertiary/aromatic N) is 4. The number of likely N-dealkylation sites (tertiary alicyclic amines) is 1. The Kier molecular flexibility index (Phi) is 5.09. The third-order valence-corrected chi connectivity index (χ3v) is 7.09. The second-order valence-corrected chi connectivity index (χ2v) is 8.99. The average molecular weight is 407 g/mol. The molecule has 2 saturated heterocycles. The van der Waals surface area contributed by atoms with Gasteiger partial charge in [-0.25, -0.2) is 4.98 Å². The number of anilines is 1. The molecule has 0 spiro atoms. The summed E-state index contributed by atoms with van der Waals surface area (Å²) in [5.41, 5.74) is 1.99. The van der Waals surface area contributed by atoms with Crippen molar-refractivity contribution in [1.82, 2.24) is 14.5 Å². The van der Waals surface area contributed by atoms with E-state index in [1.165, 1.54) is 0 Å². The monoisotopic (exact) mass is 406 g/mol. The molecule has 0 saturated carbocycles. The van der Waals surface area contributed by atoms with Crippen LogP contribution in [-0.2, 0) is 0 Å². The highest BCUT2D eigenvalue weighted by atomic mass is 16.2. The molecule has 3 atom stereocenters. The van der Waals surface area contributed by atoms with Crippen molar-refractivity contribution in [2.24, 2.45) is 5.92 Å². The van der Waals surface area contributed by atoms with Gasteiger partial charge in [-0.2, -0.15) is 0 Å². The van der Waals surface area contributed by atoms with Gasteiger partial charge in [-0.15, -0.1) is 0 Å². The van der Waals surface area contributed by atoms with Gasteiger partial charge in [0, 0.05) is 56.1 Å². The van der Waals surface area contributed by atoms with Crippen molar-refractivity contribution < 1.29 is 4.79 Å². The molecule has 1 amide bonds. The summed E-state index contributed by atoms with van der Waals surface area (Å²) in [6.07, 6.45) is 7.12. The minimum atomic E-state index is 0.105. The molecular weight excluding hydrogens is 376 g/mol. The third kappa shape index (κ3) is 3.22. The van der Waals surface area contributed by atoms with Crippen molar-refractivity contribution in [1.29, 1.82) is 0 Å². The van der Waals surface area contributed by atoms with Crippen molar-refractivity contribution in [3.63, 3.8) is 0 Å². The van der Waals surface area contributed by atoms with E-state index in [1.807, 2.05) is 23.1 Å². The van der Waals surface area contributed by atoms with E-state index in [9.17, 15) is 9.59 Å². The van der Waals surface area contributed by atoms with Gasteiger partial charge in [0.05, 0.1) is 5.56 Å². The minimum absolute atomic E-state index is 0.105. The molecule has 3 aliphatic heterocycles. The Balaban J connectivity index is 1.51. The van der Waals surface area contributed by atoms with E-state index in [-0.39, 0.29) is 17.5 Å². The molecule has 2 aromatic heterocycles. The molecule has 30 heavy (non-hydrogen) atoms. The van der Waals surface area contributed by atoms with Gasteiger partial charge in [0.15, 0.2) is 0 Å². The number of carbonyl (C=O) groups excluding carboxylic acids is 1. The summed E-state index contributed by atoms with van der Waals surface area (Å²) < 4.78 is 2.06. The molecule has 6 heteroatoms. The van der Waals surface area contributed by atoms with E-state index in [1.54, 1.807) is 12.3 Å². The zero-order chi connectivity index (χ0) is 20.7. The van der Waals surface area contributed by atoms with Crippen LogP contribution in [0, 0.1) is 5.92 Å². The SMILES string of the molecule is CCC[C@H]1[C@H]2C[C@H](CN(c3ncccc3C(=O)N3CCCC3)C2)c2cccc(=O)n21. The first-order valence-corrected chi connectivity index (χ1v) is 11.4. The number of pyridine rings is 2. The predicted molar refractivity (Wildman–Crippen MR) is 117 cm³/mol. The number of aromatic nitrogens is 2. The van der Waals surface area contributed by atoms with E-state index >= 15 is 0 Å². The van der Waals surface area contributed by atoms with Crippen molar-refractivity contribution in [3.05, 3.63) is 58.1 Å². The largest absolute Gasteiger partial charge is 0.355 e. The molecular formula is C24H30N4O2. The maximum atomic E-state index is 13.2. The van der Waals surface area contributed by atoms with Crippen LogP contribution in [-0.4, -0.2) is 46.5 Å². The summed E-state index contributed by atoms with van der Waals surface area (Å²) in [5.74, 6) is 1.61. The second-order valence-electron chi connectivity index (χ2n) is 8.99. The molecule has 0 aliphatic carbocycles. The molecule has 0 aromatic carbocycles. The van der Waals surface area contributed by atoms with Crippen LogP contribution in [0.3, 0.4) is 0 Å². The van der Waals surface area contributed by atoms with E-state index in [2.05, 4.69) is 27.4 Å². The zero-order valence-corrected chi connectivity index (χ0v) is 17.7. The van der Waals surface area contributed by atoms with E-state index in [0.29, 0.717) is 11.8 Å². The molecule has 2 aromatic rings. The molecule has 0 unspecified atom stereocenters. The van der Waals surface area contributed by atoms with Crippen LogP contribution in [0.25, 0.3) is 0 Å². The van der Waals surface area contributed by atoms with Gasteiger partial charge in [-0.3, -0.25) is 9.59 Å². The number of hydrogen-bond donors (Lipinski definition) is 0. The van der Waals surface area contributed by atoms with Crippen molar-refractivity contribution in [3.8, 4) is 0 Å². The van der Waals surface area contributed by atoms with Gasteiger partial charge in [0.2, 0.25) is 0 Å². The number of fused-ring (bicyclic) bond motifs is 4. The highest BCUT2D eigenvalue weighted by molar-refractivity contribution is 5.99. The van der Waals surface area contributed by atoms with Crippen molar-refractivity contribution >= 4 is 11.7 Å². The Hall–Kier alpha value is -2.63. The molecule has 0 radical (unpaired) electrons. The third-order valence-electron chi connectivity index (χ3n) is 7.09. The molecule has 5 rings (SSSR count). The Labute approximate surface area is 177 Å². The van der Waals surface area contributed by atoms with Crippen LogP contribution in [0.4, 0.5) is 5.82 Å². The summed E-state index contributed by atoms with van der Waals surface area (Å²) in [4.78, 5) is 34.8. The van der Waals surface area contributed by atoms with Gasteiger partial charge in [-0.1, -0.05) is 19.4 Å². The highest BCUT2D eigenvalue weighted by Gasteiger charge is 2.41. The Bertz CT molecular complexity index is 995. The number of rotatable bonds is 4. The minimum Gasteiger partial charge on any atom is -0.355 e. The summed E-state index contributed by atoms with van der Waals surface area (Å²) in [5, 5.41) is 0. The van der Waals surface area contributed by atoms with Crippen LogP contribution in [0.1, 0.15) is 67.0 Å². The van der Waals surface area contributed by atoms with Crippen LogP contribution >= 0.6 is 0 Å². The first kappa shape index (κ1) is 19.3. The maximum absolute atomic E-state index is 13.2. The van der Waals surface area contributed by atoms with Crippen LogP contribution in [0.2, 0.25) is 0 Å². The van der Waals surface area contributed by atoms with E-state index < -0.39 is 0 Å². The lowest BCUT2D eigenvalue weighted by molar-refractivity contribution is 0.0792. The number of carbonyl (C=O) groups is 1.